The molecule has 3 nitrogen and oxygen atoms in total. The van der Waals surface area contributed by atoms with E-state index in [4.69, 9.17) is 4.43 Å². The zero-order valence-corrected chi connectivity index (χ0v) is 17.4. The van der Waals surface area contributed by atoms with E-state index < -0.39 is 8.32 Å². The maximum atomic E-state index is 14.5. The second-order valence-corrected chi connectivity index (χ2v) is 13.8. The Hall–Kier alpha value is -0.913. The molecule has 25 heavy (non-hydrogen) atoms. The van der Waals surface area contributed by atoms with Gasteiger partial charge in [-0.3, -0.25) is 0 Å². The summed E-state index contributed by atoms with van der Waals surface area (Å²) >= 11 is 0. The molecule has 0 bridgehead atoms. The van der Waals surface area contributed by atoms with Crippen LogP contribution in [0.4, 0.5) is 10.1 Å². The molecule has 1 heterocycles. The fraction of sp³-hybridized carbons (Fsp3) is 0.700. The predicted molar refractivity (Wildman–Crippen MR) is 105 cm³/mol. The van der Waals surface area contributed by atoms with Gasteiger partial charge in [0.1, 0.15) is 5.82 Å². The van der Waals surface area contributed by atoms with Crippen LogP contribution in [0, 0.1) is 11.7 Å². The van der Waals surface area contributed by atoms with Crippen LogP contribution in [0.25, 0.3) is 0 Å². The van der Waals surface area contributed by atoms with E-state index in [1.165, 1.54) is 12.8 Å². The van der Waals surface area contributed by atoms with Crippen LogP contribution in [-0.4, -0.2) is 34.5 Å². The maximum Gasteiger partial charge on any atom is 0.192 e. The molecule has 2 aliphatic rings. The van der Waals surface area contributed by atoms with Crippen LogP contribution in [0.1, 0.15) is 45.3 Å². The van der Waals surface area contributed by atoms with Crippen molar-refractivity contribution >= 4 is 14.0 Å². The number of hydrogen-bond acceptors (Lipinski definition) is 3. The van der Waals surface area contributed by atoms with Crippen molar-refractivity contribution in [2.75, 3.05) is 31.1 Å². The van der Waals surface area contributed by atoms with E-state index in [9.17, 15) is 4.39 Å². The monoisotopic (exact) mass is 364 g/mol. The zero-order chi connectivity index (χ0) is 18.2. The maximum absolute atomic E-state index is 14.5. The van der Waals surface area contributed by atoms with Crippen LogP contribution in [0.15, 0.2) is 18.2 Å². The number of hydrogen-bond donors (Lipinski definition) is 1. The summed E-state index contributed by atoms with van der Waals surface area (Å²) in [5, 5.41) is 3.52. The van der Waals surface area contributed by atoms with Crippen LogP contribution >= 0.6 is 0 Å². The molecule has 1 saturated carbocycles. The summed E-state index contributed by atoms with van der Waals surface area (Å²) in [7, 11) is -1.86. The topological polar surface area (TPSA) is 24.5 Å². The minimum Gasteiger partial charge on any atom is -0.410 e. The van der Waals surface area contributed by atoms with Gasteiger partial charge >= 0.3 is 0 Å². The largest absolute Gasteiger partial charge is 0.410 e. The molecule has 0 radical (unpaired) electrons. The first-order valence-corrected chi connectivity index (χ1v) is 12.5. The number of rotatable bonds is 5. The summed E-state index contributed by atoms with van der Waals surface area (Å²) in [6, 6.07) is 5.63. The second-order valence-electron chi connectivity index (χ2n) is 9.08. The fourth-order valence-electron chi connectivity index (χ4n) is 3.18. The van der Waals surface area contributed by atoms with Crippen molar-refractivity contribution in [3.63, 3.8) is 0 Å². The molecule has 5 heteroatoms. The van der Waals surface area contributed by atoms with E-state index in [1.807, 2.05) is 6.07 Å². The normalized spacial score (nSPS) is 20.6. The third kappa shape index (κ3) is 4.26. The number of nitrogens with zero attached hydrogens (tertiary/aromatic N) is 1. The molecule has 2 fully saturated rings. The summed E-state index contributed by atoms with van der Waals surface area (Å²) in [6.07, 6.45) is 2.56. The number of anilines is 1. The molecule has 0 aromatic heterocycles. The molecule has 1 saturated heterocycles. The third-order valence-electron chi connectivity index (χ3n) is 6.03. The van der Waals surface area contributed by atoms with Gasteiger partial charge in [-0.2, -0.15) is 0 Å². The van der Waals surface area contributed by atoms with Crippen LogP contribution in [-0.2, 0) is 4.43 Å². The van der Waals surface area contributed by atoms with Crippen LogP contribution < -0.4 is 10.2 Å². The lowest BCUT2D eigenvalue weighted by molar-refractivity contribution is 0.161. The smallest absolute Gasteiger partial charge is 0.192 e. The van der Waals surface area contributed by atoms with Gasteiger partial charge in [0, 0.05) is 26.2 Å². The van der Waals surface area contributed by atoms with Crippen molar-refractivity contribution in [3.8, 4) is 0 Å². The minimum atomic E-state index is -1.86. The molecule has 140 valence electrons. The zero-order valence-electron chi connectivity index (χ0n) is 16.4. The van der Waals surface area contributed by atoms with Gasteiger partial charge in [0.25, 0.3) is 0 Å². The van der Waals surface area contributed by atoms with Crippen LogP contribution in [0.2, 0.25) is 18.1 Å². The first-order chi connectivity index (χ1) is 11.7. The van der Waals surface area contributed by atoms with Gasteiger partial charge in [0.05, 0.1) is 11.8 Å². The average molecular weight is 365 g/mol. The molecule has 1 aliphatic carbocycles. The van der Waals surface area contributed by atoms with E-state index in [0.29, 0.717) is 5.92 Å². The molecule has 1 N–H and O–H groups in total. The molecule has 3 rings (SSSR count). The van der Waals surface area contributed by atoms with Gasteiger partial charge in [-0.05, 0) is 54.6 Å². The first kappa shape index (κ1) is 18.9. The number of piperazine rings is 1. The average Bonchev–Trinajstić information content (AvgIpc) is 3.38. The lowest BCUT2D eigenvalue weighted by Crippen LogP contribution is -2.44. The minimum absolute atomic E-state index is 0.114. The first-order valence-electron chi connectivity index (χ1n) is 9.62. The Morgan fingerprint density at radius 1 is 1.20 bits per heavy atom. The Balaban J connectivity index is 1.87. The summed E-state index contributed by atoms with van der Waals surface area (Å²) in [5.74, 6) is 0.475. The van der Waals surface area contributed by atoms with Crippen molar-refractivity contribution in [1.82, 2.24) is 5.32 Å². The Morgan fingerprint density at radius 2 is 1.84 bits per heavy atom. The van der Waals surface area contributed by atoms with E-state index >= 15 is 0 Å². The second kappa shape index (κ2) is 7.01. The van der Waals surface area contributed by atoms with Gasteiger partial charge in [0.15, 0.2) is 8.32 Å². The van der Waals surface area contributed by atoms with Crippen molar-refractivity contribution in [3.05, 3.63) is 29.6 Å². The van der Waals surface area contributed by atoms with Crippen molar-refractivity contribution < 1.29 is 8.82 Å². The number of halogens is 1. The predicted octanol–water partition coefficient (Wildman–Crippen LogP) is 4.71. The Morgan fingerprint density at radius 3 is 2.40 bits per heavy atom. The third-order valence-corrected chi connectivity index (χ3v) is 10.5. The van der Waals surface area contributed by atoms with E-state index in [1.54, 1.807) is 6.07 Å². The van der Waals surface area contributed by atoms with E-state index in [0.717, 1.165) is 37.4 Å². The summed E-state index contributed by atoms with van der Waals surface area (Å²) in [4.78, 5) is 2.16. The summed E-state index contributed by atoms with van der Waals surface area (Å²) < 4.78 is 21.2. The highest BCUT2D eigenvalue weighted by Gasteiger charge is 2.43. The standard InChI is InChI=1S/C20H33FN2OSi/c1-20(2,3)25(4,5)24-19(15-6-7-15)16-8-9-17(21)18(14-16)23-12-10-22-11-13-23/h8-9,14-15,19,22H,6-7,10-13H2,1-5H3. The van der Waals surface area contributed by atoms with Crippen molar-refractivity contribution in [2.24, 2.45) is 5.92 Å². The highest BCUT2D eigenvalue weighted by molar-refractivity contribution is 6.74. The van der Waals surface area contributed by atoms with Gasteiger partial charge in [-0.1, -0.05) is 26.8 Å². The quantitative estimate of drug-likeness (QED) is 0.766. The van der Waals surface area contributed by atoms with Gasteiger partial charge in [0.2, 0.25) is 0 Å². The molecule has 1 aromatic carbocycles. The lowest BCUT2D eigenvalue weighted by atomic mass is 10.0. The molecule has 0 amide bonds. The highest BCUT2D eigenvalue weighted by atomic mass is 28.4. The van der Waals surface area contributed by atoms with Crippen molar-refractivity contribution in [1.29, 1.82) is 0 Å². The fourth-order valence-corrected chi connectivity index (χ4v) is 4.50. The molecule has 1 unspecified atom stereocenters. The van der Waals surface area contributed by atoms with Crippen LogP contribution in [0.5, 0.6) is 0 Å². The molecule has 1 atom stereocenters. The SMILES string of the molecule is CC(C)(C)[Si](C)(C)OC(c1ccc(F)c(N2CCNCC2)c1)C1CC1. The van der Waals surface area contributed by atoms with Crippen molar-refractivity contribution in [2.45, 2.75) is 57.8 Å². The van der Waals surface area contributed by atoms with E-state index in [-0.39, 0.29) is 17.0 Å². The molecular formula is C20H33FN2OSi. The Bertz CT molecular complexity index is 604. The molecule has 1 aliphatic heterocycles. The molecule has 1 aromatic rings. The highest BCUT2D eigenvalue weighted by Crippen LogP contribution is 2.48. The van der Waals surface area contributed by atoms with Crippen LogP contribution in [0.3, 0.4) is 0 Å². The van der Waals surface area contributed by atoms with Gasteiger partial charge < -0.3 is 14.6 Å². The Kier molecular flexibility index (Phi) is 5.29. The van der Waals surface area contributed by atoms with Gasteiger partial charge in [-0.25, -0.2) is 4.39 Å². The number of nitrogens with one attached hydrogen (secondary N) is 1. The Labute approximate surface area is 153 Å². The summed E-state index contributed by atoms with van der Waals surface area (Å²) in [6.45, 7) is 15.0. The summed E-state index contributed by atoms with van der Waals surface area (Å²) in [5.41, 5.74) is 1.89. The lowest BCUT2D eigenvalue weighted by Gasteiger charge is -2.40. The number of benzene rings is 1. The molecule has 0 spiro atoms. The molecular weight excluding hydrogens is 331 g/mol. The van der Waals surface area contributed by atoms with E-state index in [2.05, 4.69) is 50.1 Å². The van der Waals surface area contributed by atoms with Gasteiger partial charge in [-0.15, -0.1) is 0 Å².